The van der Waals surface area contributed by atoms with Gasteiger partial charge in [-0.05, 0) is 5.56 Å². The summed E-state index contributed by atoms with van der Waals surface area (Å²) in [4.78, 5) is 21.5. The van der Waals surface area contributed by atoms with Crippen LogP contribution in [0.25, 0.3) is 0 Å². The van der Waals surface area contributed by atoms with Crippen LogP contribution in [0.3, 0.4) is 0 Å². The molecule has 0 saturated heterocycles. The lowest BCUT2D eigenvalue weighted by Gasteiger charge is -2.12. The van der Waals surface area contributed by atoms with Crippen molar-refractivity contribution in [1.82, 2.24) is 0 Å². The van der Waals surface area contributed by atoms with Gasteiger partial charge in [0.1, 0.15) is 11.3 Å². The first-order valence-corrected chi connectivity index (χ1v) is 5.93. The molecular weight excluding hydrogens is 332 g/mol. The molecule has 0 heterocycles. The van der Waals surface area contributed by atoms with Gasteiger partial charge in [0.2, 0.25) is 0 Å². The number of nitrogens with zero attached hydrogens (tertiary/aromatic N) is 1. The highest BCUT2D eigenvalue weighted by molar-refractivity contribution is 9.08. The summed E-state index contributed by atoms with van der Waals surface area (Å²) in [6, 6.07) is 1.84. The van der Waals surface area contributed by atoms with E-state index in [1.165, 1.54) is 0 Å². The summed E-state index contributed by atoms with van der Waals surface area (Å²) in [6.45, 7) is -3.21. The summed E-state index contributed by atoms with van der Waals surface area (Å²) in [5, 5.41) is 10.7. The maximum atomic E-state index is 12.3. The summed E-state index contributed by atoms with van der Waals surface area (Å²) in [5.74, 6) is -1.51. The maximum absolute atomic E-state index is 12.3. The number of hydrogen-bond donors (Lipinski definition) is 0. The van der Waals surface area contributed by atoms with Gasteiger partial charge >= 0.3 is 12.6 Å². The first kappa shape index (κ1) is 15.3. The van der Waals surface area contributed by atoms with E-state index in [0.29, 0.717) is 0 Å². The normalized spacial score (nSPS) is 10.4. The van der Waals surface area contributed by atoms with Crippen molar-refractivity contribution >= 4 is 27.6 Å². The molecule has 0 aromatic heterocycles. The number of halogens is 3. The molecule has 0 radical (unpaired) electrons. The van der Waals surface area contributed by atoms with Crippen LogP contribution in [0.15, 0.2) is 12.1 Å². The molecule has 6 nitrogen and oxygen atoms in total. The zero-order valence-corrected chi connectivity index (χ0v) is 11.1. The van der Waals surface area contributed by atoms with Gasteiger partial charge in [0, 0.05) is 11.4 Å². The third-order valence-electron chi connectivity index (χ3n) is 2.13. The van der Waals surface area contributed by atoms with Gasteiger partial charge in [0.25, 0.3) is 5.69 Å². The molecule has 0 amide bonds. The number of nitro groups is 1. The molecule has 0 fully saturated rings. The average molecular weight is 340 g/mol. The SMILES string of the molecule is COC(=O)c1c(CBr)cc([N+](=O)[O-])cc1OC(F)F. The second kappa shape index (κ2) is 6.41. The summed E-state index contributed by atoms with van der Waals surface area (Å²) < 4.78 is 33.1. The fraction of sp³-hybridized carbons (Fsp3) is 0.300. The predicted octanol–water partition coefficient (Wildman–Crippen LogP) is 2.88. The number of hydrogen-bond acceptors (Lipinski definition) is 5. The molecule has 1 rings (SSSR count). The fourth-order valence-electron chi connectivity index (χ4n) is 1.39. The lowest BCUT2D eigenvalue weighted by Crippen LogP contribution is -2.12. The molecular formula is C10H8BrF2NO5. The second-order valence-electron chi connectivity index (χ2n) is 3.24. The first-order valence-electron chi connectivity index (χ1n) is 4.81. The predicted molar refractivity (Wildman–Crippen MR) is 63.7 cm³/mol. The third kappa shape index (κ3) is 3.60. The molecule has 104 valence electrons. The van der Waals surface area contributed by atoms with Gasteiger partial charge in [-0.25, -0.2) is 4.79 Å². The lowest BCUT2D eigenvalue weighted by molar-refractivity contribution is -0.385. The molecule has 0 bridgehead atoms. The summed E-state index contributed by atoms with van der Waals surface area (Å²) in [5.41, 5.74) is -0.611. The van der Waals surface area contributed by atoms with E-state index in [1.54, 1.807) is 0 Å². The van der Waals surface area contributed by atoms with E-state index in [9.17, 15) is 23.7 Å². The molecule has 0 saturated carbocycles. The van der Waals surface area contributed by atoms with E-state index in [2.05, 4.69) is 25.4 Å². The van der Waals surface area contributed by atoms with Gasteiger partial charge in [-0.15, -0.1) is 0 Å². The Morgan fingerprint density at radius 3 is 2.58 bits per heavy atom. The van der Waals surface area contributed by atoms with Gasteiger partial charge in [-0.2, -0.15) is 8.78 Å². The molecule has 0 atom stereocenters. The molecule has 0 spiro atoms. The summed E-state index contributed by atoms with van der Waals surface area (Å²) >= 11 is 3.02. The Bertz CT molecular complexity index is 509. The van der Waals surface area contributed by atoms with Crippen LogP contribution in [0.5, 0.6) is 5.75 Å². The van der Waals surface area contributed by atoms with Crippen LogP contribution in [0.2, 0.25) is 0 Å². The van der Waals surface area contributed by atoms with Gasteiger partial charge in [0.05, 0.1) is 18.1 Å². The van der Waals surface area contributed by atoms with Crippen molar-refractivity contribution in [2.75, 3.05) is 7.11 Å². The topological polar surface area (TPSA) is 78.7 Å². The lowest BCUT2D eigenvalue weighted by atomic mass is 10.1. The zero-order chi connectivity index (χ0) is 14.6. The van der Waals surface area contributed by atoms with Crippen LogP contribution in [-0.2, 0) is 10.1 Å². The molecule has 0 aliphatic heterocycles. The van der Waals surface area contributed by atoms with E-state index in [4.69, 9.17) is 0 Å². The van der Waals surface area contributed by atoms with Crippen molar-refractivity contribution in [3.05, 3.63) is 33.4 Å². The molecule has 0 aliphatic rings. The number of ether oxygens (including phenoxy) is 2. The number of rotatable bonds is 5. The van der Waals surface area contributed by atoms with Gasteiger partial charge in [-0.3, -0.25) is 10.1 Å². The average Bonchev–Trinajstić information content (AvgIpc) is 2.35. The monoisotopic (exact) mass is 339 g/mol. The van der Waals surface area contributed by atoms with Crippen LogP contribution in [0, 0.1) is 10.1 Å². The number of carbonyl (C=O) groups is 1. The number of alkyl halides is 3. The molecule has 0 unspecified atom stereocenters. The summed E-state index contributed by atoms with van der Waals surface area (Å²) in [7, 11) is 1.06. The third-order valence-corrected chi connectivity index (χ3v) is 2.73. The van der Waals surface area contributed by atoms with Crippen LogP contribution < -0.4 is 4.74 Å². The Morgan fingerprint density at radius 2 is 2.16 bits per heavy atom. The molecule has 1 aromatic carbocycles. The van der Waals surface area contributed by atoms with Gasteiger partial charge in [-0.1, -0.05) is 15.9 Å². The standard InChI is InChI=1S/C10H8BrF2NO5/c1-18-9(15)8-5(4-11)2-6(14(16)17)3-7(8)19-10(12)13/h2-3,10H,4H2,1H3. The van der Waals surface area contributed by atoms with E-state index < -0.39 is 28.9 Å². The number of benzene rings is 1. The largest absolute Gasteiger partial charge is 0.465 e. The number of carbonyl (C=O) groups excluding carboxylic acids is 1. The van der Waals surface area contributed by atoms with Crippen molar-refractivity contribution in [1.29, 1.82) is 0 Å². The Hall–Kier alpha value is -1.77. The Balaban J connectivity index is 3.47. The van der Waals surface area contributed by atoms with E-state index in [1.807, 2.05) is 0 Å². The van der Waals surface area contributed by atoms with Gasteiger partial charge in [0.15, 0.2) is 0 Å². The minimum atomic E-state index is -3.21. The number of non-ortho nitro benzene ring substituents is 1. The van der Waals surface area contributed by atoms with Crippen molar-refractivity contribution in [3.8, 4) is 5.75 Å². The van der Waals surface area contributed by atoms with Crippen LogP contribution in [0.4, 0.5) is 14.5 Å². The Morgan fingerprint density at radius 1 is 1.53 bits per heavy atom. The molecule has 0 N–H and O–H groups in total. The molecule has 19 heavy (non-hydrogen) atoms. The van der Waals surface area contributed by atoms with Gasteiger partial charge < -0.3 is 9.47 Å². The first-order chi connectivity index (χ1) is 8.90. The van der Waals surface area contributed by atoms with E-state index in [-0.39, 0.29) is 16.5 Å². The smallest absolute Gasteiger partial charge is 0.387 e. The minimum absolute atomic E-state index is 0.0404. The second-order valence-corrected chi connectivity index (χ2v) is 3.80. The Kier molecular flexibility index (Phi) is 5.16. The molecule has 1 aromatic rings. The number of methoxy groups -OCH3 is 1. The van der Waals surface area contributed by atoms with Crippen molar-refractivity contribution in [2.45, 2.75) is 11.9 Å². The fourth-order valence-corrected chi connectivity index (χ4v) is 1.83. The van der Waals surface area contributed by atoms with Crippen molar-refractivity contribution in [2.24, 2.45) is 0 Å². The summed E-state index contributed by atoms with van der Waals surface area (Å²) in [6.07, 6.45) is 0. The van der Waals surface area contributed by atoms with Crippen LogP contribution in [-0.4, -0.2) is 24.6 Å². The van der Waals surface area contributed by atoms with E-state index >= 15 is 0 Å². The van der Waals surface area contributed by atoms with E-state index in [0.717, 1.165) is 19.2 Å². The number of esters is 1. The highest BCUT2D eigenvalue weighted by Crippen LogP contribution is 2.31. The highest BCUT2D eigenvalue weighted by atomic mass is 79.9. The number of nitro benzene ring substituents is 1. The molecule has 9 heteroatoms. The minimum Gasteiger partial charge on any atom is -0.465 e. The maximum Gasteiger partial charge on any atom is 0.387 e. The van der Waals surface area contributed by atoms with Crippen molar-refractivity contribution < 1.29 is 28.0 Å². The van der Waals surface area contributed by atoms with Crippen molar-refractivity contribution in [3.63, 3.8) is 0 Å². The zero-order valence-electron chi connectivity index (χ0n) is 9.56. The quantitative estimate of drug-likeness (QED) is 0.356. The Labute approximate surface area is 114 Å². The van der Waals surface area contributed by atoms with Crippen LogP contribution in [0.1, 0.15) is 15.9 Å². The van der Waals surface area contributed by atoms with Crippen LogP contribution >= 0.6 is 15.9 Å². The molecule has 0 aliphatic carbocycles. The highest BCUT2D eigenvalue weighted by Gasteiger charge is 2.24.